The quantitative estimate of drug-likeness (QED) is 0.0275. The number of nitrogens with one attached hydrogen (secondary N) is 2. The van der Waals surface area contributed by atoms with Crippen LogP contribution >= 0.6 is 11.3 Å². The molecule has 5 aromatic rings. The van der Waals surface area contributed by atoms with Crippen molar-refractivity contribution in [2.75, 3.05) is 129 Å². The molecule has 3 aromatic heterocycles. The summed E-state index contributed by atoms with van der Waals surface area (Å²) in [6.07, 6.45) is 11.2. The van der Waals surface area contributed by atoms with E-state index in [1.165, 1.54) is 23.5 Å². The molecular formula is C65H83N9O14S. The summed E-state index contributed by atoms with van der Waals surface area (Å²) in [6, 6.07) is 17.3. The Hall–Kier alpha value is -7.03. The Kier molecular flexibility index (Phi) is 21.4. The summed E-state index contributed by atoms with van der Waals surface area (Å²) in [5.74, 6) is -1.94. The Labute approximate surface area is 522 Å². The highest BCUT2D eigenvalue weighted by Gasteiger charge is 2.66. The van der Waals surface area contributed by atoms with Gasteiger partial charge in [-0.1, -0.05) is 49.4 Å². The fraction of sp³-hybridized carbons (Fsp3) is 0.554. The second kappa shape index (κ2) is 29.3. The summed E-state index contributed by atoms with van der Waals surface area (Å²) in [5.41, 5.74) is 5.14. The number of anilines is 2. The number of ether oxygens (including phenoxy) is 7. The maximum absolute atomic E-state index is 13.8. The average molecular weight is 1250 g/mol. The Morgan fingerprint density at radius 1 is 0.719 bits per heavy atom. The van der Waals surface area contributed by atoms with Gasteiger partial charge in [0, 0.05) is 87.3 Å². The van der Waals surface area contributed by atoms with Crippen molar-refractivity contribution in [2.24, 2.45) is 16.2 Å². The number of pyridine rings is 1. The maximum Gasteiger partial charge on any atom is 0.355 e. The lowest BCUT2D eigenvalue weighted by Gasteiger charge is -2.69. The first-order valence-corrected chi connectivity index (χ1v) is 31.7. The molecule has 23 nitrogen and oxygen atoms in total. The number of rotatable bonds is 35. The molecule has 5 amide bonds. The number of hydrogen-bond acceptors (Lipinski definition) is 18. The van der Waals surface area contributed by atoms with E-state index in [2.05, 4.69) is 34.1 Å². The third kappa shape index (κ3) is 16.5. The third-order valence-corrected chi connectivity index (χ3v) is 18.5. The van der Waals surface area contributed by atoms with Gasteiger partial charge in [-0.05, 0) is 110 Å². The van der Waals surface area contributed by atoms with Crippen LogP contribution in [0.25, 0.3) is 21.3 Å². The Morgan fingerprint density at radius 2 is 1.37 bits per heavy atom. The zero-order valence-corrected chi connectivity index (χ0v) is 52.3. The van der Waals surface area contributed by atoms with E-state index in [1.54, 1.807) is 11.1 Å². The van der Waals surface area contributed by atoms with E-state index in [4.69, 9.17) is 43.2 Å². The van der Waals surface area contributed by atoms with Crippen molar-refractivity contribution in [2.45, 2.75) is 97.2 Å². The first-order valence-electron chi connectivity index (χ1n) is 30.9. The highest BCUT2D eigenvalue weighted by Crippen LogP contribution is 2.72. The fourth-order valence-corrected chi connectivity index (χ4v) is 15.6. The molecule has 0 spiro atoms. The second-order valence-electron chi connectivity index (χ2n) is 24.9. The molecule has 4 saturated carbocycles. The second-order valence-corrected chi connectivity index (χ2v) is 26.0. The molecule has 89 heavy (non-hydrogen) atoms. The predicted octanol–water partition coefficient (Wildman–Crippen LogP) is 6.89. The number of aromatic carboxylic acids is 1. The minimum Gasteiger partial charge on any atom is -0.476 e. The summed E-state index contributed by atoms with van der Waals surface area (Å²) in [4.78, 5) is 89.2. The summed E-state index contributed by atoms with van der Waals surface area (Å²) in [7, 11) is 1.81. The van der Waals surface area contributed by atoms with Crippen molar-refractivity contribution < 1.29 is 67.0 Å². The van der Waals surface area contributed by atoms with Gasteiger partial charge in [-0.25, -0.2) is 14.8 Å². The van der Waals surface area contributed by atoms with Crippen LogP contribution in [0.3, 0.4) is 0 Å². The number of benzene rings is 2. The van der Waals surface area contributed by atoms with Crippen LogP contribution in [0.4, 0.5) is 10.9 Å². The lowest BCUT2D eigenvalue weighted by molar-refractivity contribution is -0.248. The number of nitrogens with zero attached hydrogens (tertiary/aromatic N) is 7. The lowest BCUT2D eigenvalue weighted by atomic mass is 9.39. The van der Waals surface area contributed by atoms with Gasteiger partial charge >= 0.3 is 5.97 Å². The molecule has 0 radical (unpaired) electrons. The highest BCUT2D eigenvalue weighted by atomic mass is 32.1. The van der Waals surface area contributed by atoms with Crippen LogP contribution in [0.1, 0.15) is 103 Å². The molecule has 4 fully saturated rings. The first-order chi connectivity index (χ1) is 42.9. The van der Waals surface area contributed by atoms with Crippen molar-refractivity contribution in [1.82, 2.24) is 34.9 Å². The smallest absolute Gasteiger partial charge is 0.355 e. The zero-order valence-electron chi connectivity index (χ0n) is 51.5. The van der Waals surface area contributed by atoms with E-state index in [0.717, 1.165) is 76.0 Å². The molecule has 6 aliphatic rings. The largest absolute Gasteiger partial charge is 0.476 e. The number of thiazole rings is 1. The number of fused-ring (bicyclic) bond motifs is 2. The number of hydrogen-bond donors (Lipinski definition) is 3. The summed E-state index contributed by atoms with van der Waals surface area (Å²) < 4.78 is 43.4. The number of amides is 5. The van der Waals surface area contributed by atoms with Crippen LogP contribution in [0.2, 0.25) is 0 Å². The number of imide groups is 1. The van der Waals surface area contributed by atoms with Crippen LogP contribution in [0.5, 0.6) is 0 Å². The fourth-order valence-electron chi connectivity index (χ4n) is 14.7. The highest BCUT2D eigenvalue weighted by molar-refractivity contribution is 7.22. The molecule has 2 aliphatic heterocycles. The Bertz CT molecular complexity index is 3320. The Morgan fingerprint density at radius 3 is 2.03 bits per heavy atom. The van der Waals surface area contributed by atoms with Gasteiger partial charge in [-0.15, -0.1) is 0 Å². The van der Waals surface area contributed by atoms with Gasteiger partial charge in [-0.2, -0.15) is 5.10 Å². The maximum atomic E-state index is 13.8. The van der Waals surface area contributed by atoms with E-state index in [-0.39, 0.29) is 71.3 Å². The van der Waals surface area contributed by atoms with E-state index in [1.807, 2.05) is 73.5 Å². The number of para-hydroxylation sites is 1. The van der Waals surface area contributed by atoms with Crippen LogP contribution in [-0.4, -0.2) is 195 Å². The molecule has 3 N–H and O–H groups in total. The monoisotopic (exact) mass is 1250 g/mol. The van der Waals surface area contributed by atoms with Crippen LogP contribution in [0, 0.1) is 23.2 Å². The van der Waals surface area contributed by atoms with E-state index in [9.17, 15) is 33.9 Å². The van der Waals surface area contributed by atoms with Gasteiger partial charge < -0.3 is 53.4 Å². The van der Waals surface area contributed by atoms with E-state index < -0.39 is 17.8 Å². The van der Waals surface area contributed by atoms with Crippen LogP contribution < -0.4 is 15.5 Å². The summed E-state index contributed by atoms with van der Waals surface area (Å²) >= 11 is 1.43. The molecule has 2 aromatic carbocycles. The van der Waals surface area contributed by atoms with E-state index in [0.29, 0.717) is 141 Å². The molecule has 24 heteroatoms. The number of aromatic nitrogens is 4. The molecule has 5 heterocycles. The van der Waals surface area contributed by atoms with Crippen molar-refractivity contribution >= 4 is 68.0 Å². The standard InChI is InChI=1S/C65H83N9O14S/c1-45-49(47-12-13-53(69-58(47)60(80)81)72-20-16-46-8-7-9-48(50(46)37-72)59(79)70-61-68-51-10-5-6-11-52(51)89-61)36-67-74(45)44-64-39-62(2)38-63(3,40-64)42-65(41-62,43-64)88-25-22-71(4)55(76)18-23-82-26-28-84-30-32-86-34-35-87-33-31-85-29-27-83-24-19-66-54(75)17-21-73-56(77)14-15-57(73)78/h5-15,36H,16-35,37-44H2,1-4H3,(H,66,75)(H,80,81)(H,68,70,79). The SMILES string of the molecule is Cc1c(-c2ccc(N3CCc4cccc(C(=O)Nc5nc6ccccc6s5)c4C3)nc2C(=O)O)cnn1CC12CC3(C)CC(C)(C1)CC(OCCN(C)C(=O)CCOCCOCCOCCOCCOCCOCCNC(=O)CCN1C(=O)C=CC1=O)(C3)C2. The minimum absolute atomic E-state index is 0.0117. The molecule has 0 saturated heterocycles. The van der Waals surface area contributed by atoms with Crippen LogP contribution in [-0.2, 0) is 71.8 Å². The van der Waals surface area contributed by atoms with E-state index >= 15 is 0 Å². The van der Waals surface area contributed by atoms with Crippen molar-refractivity contribution in [3.8, 4) is 11.1 Å². The average Bonchev–Trinajstić information content (AvgIpc) is 0.861. The predicted molar refractivity (Wildman–Crippen MR) is 332 cm³/mol. The molecule has 11 rings (SSSR count). The Balaban J connectivity index is 0.601. The first kappa shape index (κ1) is 64.9. The van der Waals surface area contributed by atoms with Crippen molar-refractivity contribution in [3.63, 3.8) is 0 Å². The molecule has 4 aliphatic carbocycles. The molecule has 2 atom stereocenters. The van der Waals surface area contributed by atoms with Gasteiger partial charge in [-0.3, -0.25) is 38.9 Å². The minimum atomic E-state index is -1.13. The zero-order chi connectivity index (χ0) is 62.6. The molecule has 4 bridgehead atoms. The van der Waals surface area contributed by atoms with Crippen molar-refractivity contribution in [3.05, 3.63) is 101 Å². The normalized spacial score (nSPS) is 21.7. The summed E-state index contributed by atoms with van der Waals surface area (Å²) in [5, 5.41) is 21.9. The number of carboxylic acid groups (broad SMARTS) is 1. The van der Waals surface area contributed by atoms with Gasteiger partial charge in [0.1, 0.15) is 5.82 Å². The summed E-state index contributed by atoms with van der Waals surface area (Å²) in [6.45, 7) is 14.3. The topological polar surface area (TPSA) is 265 Å². The molecular weight excluding hydrogens is 1160 g/mol. The number of carbonyl (C=O) groups is 6. The van der Waals surface area contributed by atoms with Crippen LogP contribution in [0.15, 0.2) is 72.9 Å². The number of carbonyl (C=O) groups excluding carboxylic acids is 5. The van der Waals surface area contributed by atoms with Crippen molar-refractivity contribution in [1.29, 1.82) is 0 Å². The van der Waals surface area contributed by atoms with Gasteiger partial charge in [0.2, 0.25) is 11.8 Å². The number of likely N-dealkylation sites (N-methyl/N-ethyl adjacent to an activating group) is 1. The van der Waals surface area contributed by atoms with Gasteiger partial charge in [0.25, 0.3) is 17.7 Å². The lowest BCUT2D eigenvalue weighted by Crippen LogP contribution is -2.64. The third-order valence-electron chi connectivity index (χ3n) is 17.6. The molecule has 478 valence electrons. The number of carboxylic acids is 1. The van der Waals surface area contributed by atoms with Gasteiger partial charge in [0.15, 0.2) is 10.8 Å². The van der Waals surface area contributed by atoms with Gasteiger partial charge in [0.05, 0.1) is 114 Å². The molecule has 2 unspecified atom stereocenters.